The van der Waals surface area contributed by atoms with E-state index in [1.54, 1.807) is 12.0 Å². The van der Waals surface area contributed by atoms with Gasteiger partial charge in [0, 0.05) is 18.1 Å². The highest BCUT2D eigenvalue weighted by Gasteiger charge is 2.39. The average molecular weight is 338 g/mol. The molecular formula is C20H22N2O3. The van der Waals surface area contributed by atoms with Gasteiger partial charge < -0.3 is 15.0 Å². The van der Waals surface area contributed by atoms with Crippen molar-refractivity contribution >= 4 is 17.5 Å². The Balaban J connectivity index is 2.06. The molecule has 0 saturated heterocycles. The van der Waals surface area contributed by atoms with Gasteiger partial charge in [0.25, 0.3) is 5.91 Å². The summed E-state index contributed by atoms with van der Waals surface area (Å²) in [5.74, 6) is 0.400. The highest BCUT2D eigenvalue weighted by molar-refractivity contribution is 6.06. The fourth-order valence-corrected chi connectivity index (χ4v) is 3.48. The molecule has 1 atom stereocenters. The van der Waals surface area contributed by atoms with E-state index in [9.17, 15) is 9.59 Å². The second-order valence-corrected chi connectivity index (χ2v) is 6.39. The topological polar surface area (TPSA) is 58.6 Å². The SMILES string of the molecule is COc1ccccc1CN1C(=O)C(NC(C)=O)c2cc(C)cc(C)c21. The van der Waals surface area contributed by atoms with Crippen molar-refractivity contribution in [1.82, 2.24) is 5.32 Å². The Kier molecular flexibility index (Phi) is 4.49. The number of fused-ring (bicyclic) bond motifs is 1. The van der Waals surface area contributed by atoms with E-state index in [-0.39, 0.29) is 11.8 Å². The number of hydrogen-bond donors (Lipinski definition) is 1. The van der Waals surface area contributed by atoms with Gasteiger partial charge >= 0.3 is 0 Å². The van der Waals surface area contributed by atoms with E-state index in [4.69, 9.17) is 4.74 Å². The number of hydrogen-bond acceptors (Lipinski definition) is 3. The third-order valence-corrected chi connectivity index (χ3v) is 4.44. The van der Waals surface area contributed by atoms with Crippen LogP contribution in [0.2, 0.25) is 0 Å². The Morgan fingerprint density at radius 3 is 2.64 bits per heavy atom. The standard InChI is InChI=1S/C20H22N2O3/c1-12-9-13(2)19-16(10-12)18(21-14(3)23)20(24)22(19)11-15-7-5-6-8-17(15)25-4/h5-10,18H,11H2,1-4H3,(H,21,23). The monoisotopic (exact) mass is 338 g/mol. The van der Waals surface area contributed by atoms with Crippen molar-refractivity contribution in [2.75, 3.05) is 12.0 Å². The molecule has 25 heavy (non-hydrogen) atoms. The summed E-state index contributed by atoms with van der Waals surface area (Å²) in [6, 6.07) is 11.0. The third-order valence-electron chi connectivity index (χ3n) is 4.44. The van der Waals surface area contributed by atoms with Gasteiger partial charge in [0.05, 0.1) is 19.3 Å². The number of para-hydroxylation sites is 1. The maximum atomic E-state index is 13.0. The number of nitrogens with one attached hydrogen (secondary N) is 1. The fourth-order valence-electron chi connectivity index (χ4n) is 3.48. The smallest absolute Gasteiger partial charge is 0.254 e. The lowest BCUT2D eigenvalue weighted by Gasteiger charge is -2.21. The van der Waals surface area contributed by atoms with Gasteiger partial charge in [-0.05, 0) is 25.5 Å². The van der Waals surface area contributed by atoms with Crippen LogP contribution in [-0.2, 0) is 16.1 Å². The fraction of sp³-hybridized carbons (Fsp3) is 0.300. The summed E-state index contributed by atoms with van der Waals surface area (Å²) >= 11 is 0. The van der Waals surface area contributed by atoms with Crippen molar-refractivity contribution in [3.8, 4) is 5.75 Å². The minimum Gasteiger partial charge on any atom is -0.496 e. The molecule has 2 aromatic carbocycles. The number of ether oxygens (including phenoxy) is 1. The zero-order chi connectivity index (χ0) is 18.1. The lowest BCUT2D eigenvalue weighted by molar-refractivity contribution is -0.126. The van der Waals surface area contributed by atoms with Gasteiger partial charge in [0.15, 0.2) is 0 Å². The van der Waals surface area contributed by atoms with Crippen LogP contribution in [0, 0.1) is 13.8 Å². The van der Waals surface area contributed by atoms with Crippen molar-refractivity contribution in [1.29, 1.82) is 0 Å². The quantitative estimate of drug-likeness (QED) is 0.932. The molecule has 130 valence electrons. The summed E-state index contributed by atoms with van der Waals surface area (Å²) in [6.07, 6.45) is 0. The Morgan fingerprint density at radius 1 is 1.24 bits per heavy atom. The van der Waals surface area contributed by atoms with Crippen LogP contribution in [0.3, 0.4) is 0 Å². The summed E-state index contributed by atoms with van der Waals surface area (Å²) in [5.41, 5.74) is 4.74. The minimum absolute atomic E-state index is 0.121. The van der Waals surface area contributed by atoms with E-state index >= 15 is 0 Å². The van der Waals surface area contributed by atoms with Crippen molar-refractivity contribution in [2.45, 2.75) is 33.4 Å². The molecule has 1 aliphatic heterocycles. The molecule has 0 radical (unpaired) electrons. The molecule has 2 amide bonds. The molecule has 5 nitrogen and oxygen atoms in total. The number of anilines is 1. The molecule has 0 saturated carbocycles. The largest absolute Gasteiger partial charge is 0.496 e. The number of benzene rings is 2. The lowest BCUT2D eigenvalue weighted by atomic mass is 10.0. The number of methoxy groups -OCH3 is 1. The molecule has 2 aromatic rings. The molecule has 0 aliphatic carbocycles. The van der Waals surface area contributed by atoms with Crippen LogP contribution in [0.1, 0.15) is 35.2 Å². The van der Waals surface area contributed by atoms with Crippen LogP contribution in [0.5, 0.6) is 5.75 Å². The zero-order valence-electron chi connectivity index (χ0n) is 14.9. The summed E-state index contributed by atoms with van der Waals surface area (Å²) in [5, 5.41) is 2.79. The number of amides is 2. The first kappa shape index (κ1) is 17.0. The Morgan fingerprint density at radius 2 is 1.96 bits per heavy atom. The second kappa shape index (κ2) is 6.59. The normalized spacial score (nSPS) is 15.9. The third kappa shape index (κ3) is 3.09. The van der Waals surface area contributed by atoms with E-state index in [2.05, 4.69) is 11.4 Å². The molecule has 1 unspecified atom stereocenters. The first-order chi connectivity index (χ1) is 11.9. The molecule has 1 heterocycles. The molecule has 1 aliphatic rings. The van der Waals surface area contributed by atoms with Crippen molar-refractivity contribution < 1.29 is 14.3 Å². The number of carbonyl (C=O) groups excluding carboxylic acids is 2. The number of aryl methyl sites for hydroxylation is 2. The van der Waals surface area contributed by atoms with Crippen molar-refractivity contribution in [2.24, 2.45) is 0 Å². The first-order valence-corrected chi connectivity index (χ1v) is 8.24. The summed E-state index contributed by atoms with van der Waals surface area (Å²) in [7, 11) is 1.62. The van der Waals surface area contributed by atoms with Gasteiger partial charge in [-0.25, -0.2) is 0 Å². The zero-order valence-corrected chi connectivity index (χ0v) is 14.9. The highest BCUT2D eigenvalue weighted by Crippen LogP contribution is 2.40. The second-order valence-electron chi connectivity index (χ2n) is 6.39. The molecule has 5 heteroatoms. The van der Waals surface area contributed by atoms with Crippen LogP contribution in [0.25, 0.3) is 0 Å². The van der Waals surface area contributed by atoms with Crippen molar-refractivity contribution in [3.63, 3.8) is 0 Å². The predicted octanol–water partition coefficient (Wildman–Crippen LogP) is 3.04. The van der Waals surface area contributed by atoms with Crippen LogP contribution in [0.4, 0.5) is 5.69 Å². The molecule has 0 aromatic heterocycles. The maximum Gasteiger partial charge on any atom is 0.254 e. The first-order valence-electron chi connectivity index (χ1n) is 8.24. The van der Waals surface area contributed by atoms with Crippen LogP contribution in [0.15, 0.2) is 36.4 Å². The van der Waals surface area contributed by atoms with Gasteiger partial charge in [0.1, 0.15) is 11.8 Å². The molecule has 0 spiro atoms. The summed E-state index contributed by atoms with van der Waals surface area (Å²) in [6.45, 7) is 5.81. The number of carbonyl (C=O) groups is 2. The van der Waals surface area contributed by atoms with Gasteiger partial charge in [-0.1, -0.05) is 35.9 Å². The Labute approximate surface area is 147 Å². The van der Waals surface area contributed by atoms with E-state index in [1.807, 2.05) is 44.2 Å². The van der Waals surface area contributed by atoms with Gasteiger partial charge in [0.2, 0.25) is 5.91 Å². The summed E-state index contributed by atoms with van der Waals surface area (Å²) in [4.78, 5) is 26.4. The van der Waals surface area contributed by atoms with E-state index in [0.717, 1.165) is 33.7 Å². The van der Waals surface area contributed by atoms with Crippen LogP contribution >= 0.6 is 0 Å². The number of rotatable bonds is 4. The predicted molar refractivity (Wildman–Crippen MR) is 96.7 cm³/mol. The Hall–Kier alpha value is -2.82. The number of nitrogens with zero attached hydrogens (tertiary/aromatic N) is 1. The molecule has 0 bridgehead atoms. The molecule has 1 N–H and O–H groups in total. The maximum absolute atomic E-state index is 13.0. The lowest BCUT2D eigenvalue weighted by Crippen LogP contribution is -2.36. The van der Waals surface area contributed by atoms with Crippen LogP contribution < -0.4 is 15.0 Å². The van der Waals surface area contributed by atoms with Gasteiger partial charge in [-0.3, -0.25) is 9.59 Å². The van der Waals surface area contributed by atoms with E-state index in [1.165, 1.54) is 6.92 Å². The minimum atomic E-state index is -0.638. The Bertz CT molecular complexity index is 845. The molecule has 0 fully saturated rings. The van der Waals surface area contributed by atoms with Gasteiger partial charge in [-0.15, -0.1) is 0 Å². The highest BCUT2D eigenvalue weighted by atomic mass is 16.5. The molecule has 3 rings (SSSR count). The summed E-state index contributed by atoms with van der Waals surface area (Å²) < 4.78 is 5.41. The van der Waals surface area contributed by atoms with E-state index in [0.29, 0.717) is 6.54 Å². The average Bonchev–Trinajstić information content (AvgIpc) is 2.80. The van der Waals surface area contributed by atoms with E-state index < -0.39 is 6.04 Å². The van der Waals surface area contributed by atoms with Crippen LogP contribution in [-0.4, -0.2) is 18.9 Å². The van der Waals surface area contributed by atoms with Gasteiger partial charge in [-0.2, -0.15) is 0 Å². The molecular weight excluding hydrogens is 316 g/mol. The van der Waals surface area contributed by atoms with Crippen molar-refractivity contribution in [3.05, 3.63) is 58.7 Å².